The molecule has 1 heterocycles. The molecule has 0 atom stereocenters. The minimum atomic E-state index is -0.0462. The molecule has 0 aliphatic carbocycles. The third-order valence-electron chi connectivity index (χ3n) is 4.00. The van der Waals surface area contributed by atoms with Crippen LogP contribution in [0, 0.1) is 0 Å². The van der Waals surface area contributed by atoms with Gasteiger partial charge < -0.3 is 15.0 Å². The SMILES string of the molecule is COc1ccc(C(=O)NCCN2CCc3ccccc32)cc1. The molecule has 4 heteroatoms. The van der Waals surface area contributed by atoms with E-state index in [-0.39, 0.29) is 5.91 Å². The first kappa shape index (κ1) is 14.4. The number of carbonyl (C=O) groups is 1. The van der Waals surface area contributed by atoms with E-state index in [1.54, 1.807) is 31.4 Å². The van der Waals surface area contributed by atoms with E-state index in [2.05, 4.69) is 34.5 Å². The van der Waals surface area contributed by atoms with Gasteiger partial charge in [0.05, 0.1) is 7.11 Å². The molecule has 1 aliphatic heterocycles. The predicted octanol–water partition coefficient (Wildman–Crippen LogP) is 2.49. The van der Waals surface area contributed by atoms with Crippen molar-refractivity contribution in [2.24, 2.45) is 0 Å². The molecule has 0 fully saturated rings. The maximum atomic E-state index is 12.1. The van der Waals surface area contributed by atoms with Crippen molar-refractivity contribution in [2.75, 3.05) is 31.6 Å². The lowest BCUT2D eigenvalue weighted by Gasteiger charge is -2.19. The monoisotopic (exact) mass is 296 g/mol. The van der Waals surface area contributed by atoms with Crippen LogP contribution in [0.25, 0.3) is 0 Å². The zero-order valence-electron chi connectivity index (χ0n) is 12.7. The zero-order valence-corrected chi connectivity index (χ0v) is 12.7. The number of nitrogens with one attached hydrogen (secondary N) is 1. The van der Waals surface area contributed by atoms with Gasteiger partial charge in [0.15, 0.2) is 0 Å². The second-order valence-electron chi connectivity index (χ2n) is 5.35. The van der Waals surface area contributed by atoms with Gasteiger partial charge >= 0.3 is 0 Å². The highest BCUT2D eigenvalue weighted by Gasteiger charge is 2.17. The molecular formula is C18H20N2O2. The molecule has 1 amide bonds. The average Bonchev–Trinajstić information content (AvgIpc) is 2.98. The first-order valence-corrected chi connectivity index (χ1v) is 7.53. The number of amides is 1. The molecule has 0 aromatic heterocycles. The second-order valence-corrected chi connectivity index (χ2v) is 5.35. The molecule has 0 bridgehead atoms. The summed E-state index contributed by atoms with van der Waals surface area (Å²) in [4.78, 5) is 14.4. The van der Waals surface area contributed by atoms with E-state index in [1.165, 1.54) is 11.3 Å². The molecule has 114 valence electrons. The Morgan fingerprint density at radius 1 is 1.18 bits per heavy atom. The summed E-state index contributed by atoms with van der Waals surface area (Å²) in [5.74, 6) is 0.709. The summed E-state index contributed by atoms with van der Waals surface area (Å²) in [6.45, 7) is 2.50. The molecule has 4 nitrogen and oxygen atoms in total. The first-order valence-electron chi connectivity index (χ1n) is 7.53. The Bertz CT molecular complexity index is 652. The molecule has 22 heavy (non-hydrogen) atoms. The lowest BCUT2D eigenvalue weighted by molar-refractivity contribution is 0.0954. The number of hydrogen-bond acceptors (Lipinski definition) is 3. The molecular weight excluding hydrogens is 276 g/mol. The lowest BCUT2D eigenvalue weighted by atomic mass is 10.2. The molecule has 2 aromatic carbocycles. The maximum Gasteiger partial charge on any atom is 0.251 e. The van der Waals surface area contributed by atoms with Crippen molar-refractivity contribution in [2.45, 2.75) is 6.42 Å². The molecule has 0 radical (unpaired) electrons. The standard InChI is InChI=1S/C18H20N2O2/c1-22-16-8-6-15(7-9-16)18(21)19-11-13-20-12-10-14-4-2-3-5-17(14)20/h2-9H,10-13H2,1H3,(H,19,21). The van der Waals surface area contributed by atoms with Gasteiger partial charge in [0.2, 0.25) is 0 Å². The van der Waals surface area contributed by atoms with Crippen LogP contribution in [0.15, 0.2) is 48.5 Å². The van der Waals surface area contributed by atoms with E-state index in [1.807, 2.05) is 0 Å². The van der Waals surface area contributed by atoms with Crippen LogP contribution < -0.4 is 15.0 Å². The number of ether oxygens (including phenoxy) is 1. The molecule has 0 saturated heterocycles. The van der Waals surface area contributed by atoms with Gasteiger partial charge in [0.1, 0.15) is 5.75 Å². The largest absolute Gasteiger partial charge is 0.497 e. The fourth-order valence-electron chi connectivity index (χ4n) is 2.79. The van der Waals surface area contributed by atoms with E-state index < -0.39 is 0 Å². The van der Waals surface area contributed by atoms with Crippen molar-refractivity contribution < 1.29 is 9.53 Å². The Balaban J connectivity index is 1.52. The van der Waals surface area contributed by atoms with Crippen LogP contribution in [-0.4, -0.2) is 32.7 Å². The van der Waals surface area contributed by atoms with E-state index in [0.29, 0.717) is 12.1 Å². The highest BCUT2D eigenvalue weighted by molar-refractivity contribution is 5.94. The fraction of sp³-hybridized carbons (Fsp3) is 0.278. The minimum Gasteiger partial charge on any atom is -0.497 e. The quantitative estimate of drug-likeness (QED) is 0.921. The summed E-state index contributed by atoms with van der Waals surface area (Å²) in [5, 5.41) is 2.97. The third-order valence-corrected chi connectivity index (χ3v) is 4.00. The van der Waals surface area contributed by atoms with Gasteiger partial charge in [0.25, 0.3) is 5.91 Å². The number of benzene rings is 2. The van der Waals surface area contributed by atoms with E-state index >= 15 is 0 Å². The number of methoxy groups -OCH3 is 1. The zero-order chi connectivity index (χ0) is 15.4. The second kappa shape index (κ2) is 6.52. The summed E-state index contributed by atoms with van der Waals surface area (Å²) >= 11 is 0. The van der Waals surface area contributed by atoms with Crippen LogP contribution in [0.3, 0.4) is 0 Å². The van der Waals surface area contributed by atoms with Crippen molar-refractivity contribution in [3.8, 4) is 5.75 Å². The van der Waals surface area contributed by atoms with Crippen molar-refractivity contribution in [3.63, 3.8) is 0 Å². The lowest BCUT2D eigenvalue weighted by Crippen LogP contribution is -2.34. The van der Waals surface area contributed by atoms with Gasteiger partial charge in [-0.25, -0.2) is 0 Å². The molecule has 1 N–H and O–H groups in total. The van der Waals surface area contributed by atoms with Crippen LogP contribution in [0.4, 0.5) is 5.69 Å². The summed E-state index contributed by atoms with van der Waals surface area (Å²) < 4.78 is 5.09. The maximum absolute atomic E-state index is 12.1. The van der Waals surface area contributed by atoms with Gasteiger partial charge in [-0.15, -0.1) is 0 Å². The minimum absolute atomic E-state index is 0.0462. The molecule has 0 saturated carbocycles. The van der Waals surface area contributed by atoms with Crippen molar-refractivity contribution in [3.05, 3.63) is 59.7 Å². The van der Waals surface area contributed by atoms with E-state index in [4.69, 9.17) is 4.74 Å². The molecule has 0 spiro atoms. The topological polar surface area (TPSA) is 41.6 Å². The predicted molar refractivity (Wildman–Crippen MR) is 87.7 cm³/mol. The van der Waals surface area contributed by atoms with Crippen molar-refractivity contribution >= 4 is 11.6 Å². The summed E-state index contributed by atoms with van der Waals surface area (Å²) in [6, 6.07) is 15.6. The van der Waals surface area contributed by atoms with Gasteiger partial charge in [-0.05, 0) is 42.3 Å². The van der Waals surface area contributed by atoms with Gasteiger partial charge in [0, 0.05) is 30.9 Å². The number of rotatable bonds is 5. The van der Waals surface area contributed by atoms with Gasteiger partial charge in [-0.2, -0.15) is 0 Å². The van der Waals surface area contributed by atoms with Crippen molar-refractivity contribution in [1.82, 2.24) is 5.32 Å². The third kappa shape index (κ3) is 3.06. The normalized spacial score (nSPS) is 12.9. The summed E-state index contributed by atoms with van der Waals surface area (Å²) in [5.41, 5.74) is 3.34. The molecule has 3 rings (SSSR count). The Morgan fingerprint density at radius 2 is 1.95 bits per heavy atom. The highest BCUT2D eigenvalue weighted by Crippen LogP contribution is 2.26. The van der Waals surface area contributed by atoms with Crippen LogP contribution in [0.2, 0.25) is 0 Å². The Kier molecular flexibility index (Phi) is 4.28. The van der Waals surface area contributed by atoms with Gasteiger partial charge in [-0.1, -0.05) is 18.2 Å². The Morgan fingerprint density at radius 3 is 2.73 bits per heavy atom. The Labute approximate surface area is 130 Å². The molecule has 1 aliphatic rings. The van der Waals surface area contributed by atoms with Crippen LogP contribution in [0.1, 0.15) is 15.9 Å². The fourth-order valence-corrected chi connectivity index (χ4v) is 2.79. The van der Waals surface area contributed by atoms with E-state index in [0.717, 1.165) is 25.3 Å². The number of anilines is 1. The first-order chi connectivity index (χ1) is 10.8. The number of fused-ring (bicyclic) bond motifs is 1. The number of hydrogen-bond donors (Lipinski definition) is 1. The van der Waals surface area contributed by atoms with Crippen LogP contribution in [-0.2, 0) is 6.42 Å². The van der Waals surface area contributed by atoms with Crippen LogP contribution >= 0.6 is 0 Å². The molecule has 0 unspecified atom stereocenters. The highest BCUT2D eigenvalue weighted by atomic mass is 16.5. The molecule has 2 aromatic rings. The number of nitrogens with zero attached hydrogens (tertiary/aromatic N) is 1. The number of para-hydroxylation sites is 1. The summed E-state index contributed by atoms with van der Waals surface area (Å²) in [7, 11) is 1.61. The number of carbonyl (C=O) groups excluding carboxylic acids is 1. The van der Waals surface area contributed by atoms with Crippen LogP contribution in [0.5, 0.6) is 5.75 Å². The van der Waals surface area contributed by atoms with Gasteiger partial charge in [-0.3, -0.25) is 4.79 Å². The summed E-state index contributed by atoms with van der Waals surface area (Å²) in [6.07, 6.45) is 1.09. The smallest absolute Gasteiger partial charge is 0.251 e. The van der Waals surface area contributed by atoms with E-state index in [9.17, 15) is 4.79 Å². The van der Waals surface area contributed by atoms with Crippen molar-refractivity contribution in [1.29, 1.82) is 0 Å². The average molecular weight is 296 g/mol. The Hall–Kier alpha value is -2.49.